The van der Waals surface area contributed by atoms with Crippen molar-refractivity contribution in [2.45, 2.75) is 45.3 Å². The van der Waals surface area contributed by atoms with Gasteiger partial charge in [-0.05, 0) is 51.0 Å². The van der Waals surface area contributed by atoms with Crippen LogP contribution in [0, 0.1) is 0 Å². The van der Waals surface area contributed by atoms with Crippen molar-refractivity contribution in [3.8, 4) is 11.1 Å². The van der Waals surface area contributed by atoms with Gasteiger partial charge in [0.1, 0.15) is 5.82 Å². The van der Waals surface area contributed by atoms with Crippen molar-refractivity contribution in [1.82, 2.24) is 14.5 Å². The van der Waals surface area contributed by atoms with E-state index in [1.54, 1.807) is 6.07 Å². The van der Waals surface area contributed by atoms with Gasteiger partial charge in [0, 0.05) is 24.2 Å². The molecular formula is C25H29BN5O4. The zero-order valence-corrected chi connectivity index (χ0v) is 20.5. The average Bonchev–Trinajstić information content (AvgIpc) is 3.25. The van der Waals surface area contributed by atoms with Crippen molar-refractivity contribution in [2.75, 3.05) is 11.5 Å². The molecule has 0 atom stereocenters. The van der Waals surface area contributed by atoms with Gasteiger partial charge in [0.2, 0.25) is 5.95 Å². The Kier molecular flexibility index (Phi) is 6.20. The maximum atomic E-state index is 11.0. The van der Waals surface area contributed by atoms with Gasteiger partial charge in [-0.25, -0.2) is 4.98 Å². The van der Waals surface area contributed by atoms with E-state index in [2.05, 4.69) is 9.97 Å². The SMILES string of the molecule is CC1(C)O[B]OC1(C)C.Cn1ccc2c3c(N)nc(N)nc3cc(-c3cccc(CC(=O)O)c3)c21. The van der Waals surface area contributed by atoms with E-state index in [0.29, 0.717) is 11.3 Å². The number of hydrogen-bond donors (Lipinski definition) is 3. The molecule has 9 nitrogen and oxygen atoms in total. The number of aryl methyl sites for hydroxylation is 1. The summed E-state index contributed by atoms with van der Waals surface area (Å²) in [6, 6.07) is 11.4. The second kappa shape index (κ2) is 8.86. The second-order valence-corrected chi connectivity index (χ2v) is 9.60. The number of carboxylic acid groups (broad SMARTS) is 1. The molecule has 0 unspecified atom stereocenters. The molecule has 5 N–H and O–H groups in total. The predicted molar refractivity (Wildman–Crippen MR) is 138 cm³/mol. The van der Waals surface area contributed by atoms with Gasteiger partial charge >= 0.3 is 13.7 Å². The first kappa shape index (κ1) is 24.5. The van der Waals surface area contributed by atoms with Gasteiger partial charge in [-0.3, -0.25) is 4.79 Å². The highest BCUT2D eigenvalue weighted by Crippen LogP contribution is 2.37. The minimum absolute atomic E-state index is 0.0280. The average molecular weight is 474 g/mol. The Morgan fingerprint density at radius 1 is 1.09 bits per heavy atom. The molecule has 2 aromatic heterocycles. The van der Waals surface area contributed by atoms with E-state index in [4.69, 9.17) is 25.9 Å². The maximum Gasteiger partial charge on any atom is 0.488 e. The summed E-state index contributed by atoms with van der Waals surface area (Å²) in [4.78, 5) is 19.5. The highest BCUT2D eigenvalue weighted by Gasteiger charge is 2.44. The fourth-order valence-electron chi connectivity index (χ4n) is 3.96. The zero-order chi connectivity index (χ0) is 25.5. The van der Waals surface area contributed by atoms with Crippen molar-refractivity contribution in [1.29, 1.82) is 0 Å². The molecule has 1 saturated heterocycles. The Labute approximate surface area is 204 Å². The number of nitrogens with two attached hydrogens (primary N) is 2. The van der Waals surface area contributed by atoms with Crippen LogP contribution in [0.3, 0.4) is 0 Å². The molecule has 1 aliphatic rings. The molecule has 4 aromatic rings. The van der Waals surface area contributed by atoms with Gasteiger partial charge in [-0.2, -0.15) is 4.98 Å². The van der Waals surface area contributed by atoms with Crippen LogP contribution in [-0.2, 0) is 27.6 Å². The number of fused-ring (bicyclic) bond motifs is 3. The quantitative estimate of drug-likeness (QED) is 0.382. The van der Waals surface area contributed by atoms with Crippen LogP contribution in [-0.4, -0.2) is 44.5 Å². The number of aliphatic carboxylic acids is 1. The van der Waals surface area contributed by atoms with Crippen LogP contribution in [0.5, 0.6) is 0 Å². The van der Waals surface area contributed by atoms with E-state index in [1.807, 2.05) is 75.8 Å². The second-order valence-electron chi connectivity index (χ2n) is 9.60. The van der Waals surface area contributed by atoms with Crippen LogP contribution in [0.1, 0.15) is 33.3 Å². The van der Waals surface area contributed by atoms with E-state index in [9.17, 15) is 4.79 Å². The normalized spacial score (nSPS) is 16.0. The molecule has 1 fully saturated rings. The monoisotopic (exact) mass is 474 g/mol. The third-order valence-corrected chi connectivity index (χ3v) is 6.59. The van der Waals surface area contributed by atoms with Crippen LogP contribution >= 0.6 is 0 Å². The third kappa shape index (κ3) is 4.67. The number of aromatic nitrogens is 3. The molecule has 0 amide bonds. The van der Waals surface area contributed by atoms with Gasteiger partial charge in [0.25, 0.3) is 0 Å². The van der Waals surface area contributed by atoms with Crippen LogP contribution in [0.4, 0.5) is 11.8 Å². The molecule has 10 heteroatoms. The largest absolute Gasteiger partial charge is 0.488 e. The predicted octanol–water partition coefficient (Wildman–Crippen LogP) is 3.70. The van der Waals surface area contributed by atoms with Gasteiger partial charge < -0.3 is 30.4 Å². The van der Waals surface area contributed by atoms with Crippen LogP contribution in [0.2, 0.25) is 0 Å². The minimum atomic E-state index is -0.863. The van der Waals surface area contributed by atoms with E-state index in [1.165, 1.54) is 7.69 Å². The standard InChI is InChI=1S/C19H17N5O2.C6H12BO2/c1-24-6-5-12-16-14(22-19(21)23-18(16)20)9-13(17(12)24)11-4-2-3-10(7-11)8-15(25)26;1-5(2)6(3,4)9-7-8-5/h2-7,9H,8H2,1H3,(H,25,26)(H4,20,21,22,23);1-4H3. The van der Waals surface area contributed by atoms with Crippen molar-refractivity contribution in [3.05, 3.63) is 48.2 Å². The van der Waals surface area contributed by atoms with Crippen molar-refractivity contribution < 1.29 is 19.2 Å². The molecule has 5 rings (SSSR count). The number of benzene rings is 2. The first-order valence-corrected chi connectivity index (χ1v) is 11.2. The first-order chi connectivity index (χ1) is 16.4. The Morgan fingerprint density at radius 3 is 2.37 bits per heavy atom. The molecule has 0 saturated carbocycles. The summed E-state index contributed by atoms with van der Waals surface area (Å²) in [5, 5.41) is 10.8. The molecule has 2 aromatic carbocycles. The topological polar surface area (TPSA) is 139 Å². The van der Waals surface area contributed by atoms with E-state index >= 15 is 0 Å². The van der Waals surface area contributed by atoms with E-state index in [-0.39, 0.29) is 23.6 Å². The van der Waals surface area contributed by atoms with Gasteiger partial charge in [-0.1, -0.05) is 24.3 Å². The lowest BCUT2D eigenvalue weighted by Crippen LogP contribution is -2.41. The Hall–Kier alpha value is -3.63. The number of carboxylic acids is 1. The summed E-state index contributed by atoms with van der Waals surface area (Å²) in [7, 11) is 3.37. The Bertz CT molecular complexity index is 1420. The molecule has 1 aliphatic heterocycles. The number of nitrogens with zero attached hydrogens (tertiary/aromatic N) is 3. The highest BCUT2D eigenvalue weighted by molar-refractivity contribution is 6.19. The summed E-state index contributed by atoms with van der Waals surface area (Å²) in [5.74, 6) is -0.399. The molecule has 35 heavy (non-hydrogen) atoms. The van der Waals surface area contributed by atoms with Gasteiger partial charge in [-0.15, -0.1) is 0 Å². The van der Waals surface area contributed by atoms with Crippen LogP contribution in [0.15, 0.2) is 42.6 Å². The number of rotatable bonds is 3. The van der Waals surface area contributed by atoms with Gasteiger partial charge in [0.15, 0.2) is 0 Å². The lowest BCUT2D eigenvalue weighted by atomic mass is 9.90. The molecule has 0 spiro atoms. The number of carbonyl (C=O) groups is 1. The van der Waals surface area contributed by atoms with Crippen molar-refractivity contribution in [3.63, 3.8) is 0 Å². The van der Waals surface area contributed by atoms with Gasteiger partial charge in [0.05, 0.1) is 34.0 Å². The molecule has 0 aliphatic carbocycles. The molecule has 0 bridgehead atoms. The minimum Gasteiger partial charge on any atom is -0.481 e. The lowest BCUT2D eigenvalue weighted by molar-refractivity contribution is -0.136. The number of hydrogen-bond acceptors (Lipinski definition) is 7. The fraction of sp³-hybridized carbons (Fsp3) is 0.320. The summed E-state index contributed by atoms with van der Waals surface area (Å²) < 4.78 is 12.4. The summed E-state index contributed by atoms with van der Waals surface area (Å²) in [5.41, 5.74) is 15.7. The smallest absolute Gasteiger partial charge is 0.481 e. The summed E-state index contributed by atoms with van der Waals surface area (Å²) in [6.07, 6.45) is 1.92. The van der Waals surface area contributed by atoms with E-state index < -0.39 is 5.97 Å². The van der Waals surface area contributed by atoms with Crippen molar-refractivity contribution in [2.24, 2.45) is 7.05 Å². The Morgan fingerprint density at radius 2 is 1.77 bits per heavy atom. The number of nitrogen functional groups attached to an aromatic ring is 2. The third-order valence-electron chi connectivity index (χ3n) is 6.59. The first-order valence-electron chi connectivity index (χ1n) is 11.2. The Balaban J connectivity index is 0.000000271. The van der Waals surface area contributed by atoms with E-state index in [0.717, 1.165) is 33.0 Å². The van der Waals surface area contributed by atoms with Crippen LogP contribution in [0.25, 0.3) is 32.9 Å². The lowest BCUT2D eigenvalue weighted by Gasteiger charge is -2.32. The fourth-order valence-corrected chi connectivity index (χ4v) is 3.96. The molecule has 1 radical (unpaired) electrons. The van der Waals surface area contributed by atoms with Crippen LogP contribution < -0.4 is 11.5 Å². The molecule has 181 valence electrons. The summed E-state index contributed by atoms with van der Waals surface area (Å²) in [6.45, 7) is 8.04. The maximum absolute atomic E-state index is 11.0. The molecule has 3 heterocycles. The summed E-state index contributed by atoms with van der Waals surface area (Å²) >= 11 is 0. The highest BCUT2D eigenvalue weighted by atomic mass is 16.7. The zero-order valence-electron chi connectivity index (χ0n) is 20.5. The molecular weight excluding hydrogens is 445 g/mol. The van der Waals surface area contributed by atoms with Crippen molar-refractivity contribution >= 4 is 47.2 Å². The number of anilines is 2.